The summed E-state index contributed by atoms with van der Waals surface area (Å²) in [5.41, 5.74) is 6.99. The van der Waals surface area contributed by atoms with Gasteiger partial charge in [0.15, 0.2) is 0 Å². The molecule has 2 aromatic heterocycles. The minimum absolute atomic E-state index is 0.0461. The molecule has 0 bridgehead atoms. The summed E-state index contributed by atoms with van der Waals surface area (Å²) >= 11 is 0. The Bertz CT molecular complexity index is 636. The number of nitrogens with one attached hydrogen (secondary N) is 2. The summed E-state index contributed by atoms with van der Waals surface area (Å²) in [5, 5.41) is 18.4. The highest BCUT2D eigenvalue weighted by molar-refractivity contribution is 5.78. The number of nitrogen functional groups attached to an aromatic ring is 1. The molecule has 6 N–H and O–H groups in total. The second-order valence-electron chi connectivity index (χ2n) is 4.85. The number of rotatable bonds is 6. The monoisotopic (exact) mass is 281 g/mol. The first-order valence-corrected chi connectivity index (χ1v) is 6.34. The number of aliphatic hydroxyl groups excluding tert-OH is 2. The van der Waals surface area contributed by atoms with Crippen molar-refractivity contribution in [2.45, 2.75) is 19.1 Å². The fourth-order valence-electron chi connectivity index (χ4n) is 2.16. The van der Waals surface area contributed by atoms with Crippen molar-refractivity contribution in [3.8, 4) is 0 Å². The standard InChI is InChI=1S/C12H19N5O3/c1-17(6-8(19)2-3-18)5-7-4-14-10-9(7)15-12(13)16-11(10)20/h4,8,14,18-19H,2-3,5-6H2,1H3,(H3,13,15,16,20). The summed E-state index contributed by atoms with van der Waals surface area (Å²) in [6.07, 6.45) is 1.46. The van der Waals surface area contributed by atoms with Crippen molar-refractivity contribution in [1.29, 1.82) is 0 Å². The van der Waals surface area contributed by atoms with Crippen molar-refractivity contribution < 1.29 is 10.2 Å². The Kier molecular flexibility index (Phi) is 4.38. The maximum absolute atomic E-state index is 11.7. The first kappa shape index (κ1) is 14.5. The minimum Gasteiger partial charge on any atom is -0.396 e. The van der Waals surface area contributed by atoms with Gasteiger partial charge in [0.1, 0.15) is 11.0 Å². The van der Waals surface area contributed by atoms with Crippen LogP contribution in [0.4, 0.5) is 5.95 Å². The van der Waals surface area contributed by atoms with Crippen LogP contribution < -0.4 is 11.3 Å². The number of aromatic nitrogens is 3. The van der Waals surface area contributed by atoms with E-state index in [1.165, 1.54) is 0 Å². The van der Waals surface area contributed by atoms with E-state index in [2.05, 4.69) is 15.0 Å². The van der Waals surface area contributed by atoms with Gasteiger partial charge in [0.25, 0.3) is 5.56 Å². The molecule has 0 saturated carbocycles. The third kappa shape index (κ3) is 3.16. The quantitative estimate of drug-likeness (QED) is 0.462. The zero-order valence-corrected chi connectivity index (χ0v) is 11.3. The predicted octanol–water partition coefficient (Wildman–Crippen LogP) is -0.991. The normalized spacial score (nSPS) is 13.2. The molecule has 0 aromatic carbocycles. The Morgan fingerprint density at radius 3 is 3.00 bits per heavy atom. The number of aliphatic hydroxyl groups is 2. The molecule has 20 heavy (non-hydrogen) atoms. The largest absolute Gasteiger partial charge is 0.396 e. The molecule has 0 fully saturated rings. The summed E-state index contributed by atoms with van der Waals surface area (Å²) in [6.45, 7) is 0.889. The number of hydrogen-bond acceptors (Lipinski definition) is 6. The second kappa shape index (κ2) is 6.04. The van der Waals surface area contributed by atoms with Crippen molar-refractivity contribution >= 4 is 17.0 Å². The summed E-state index contributed by atoms with van der Waals surface area (Å²) in [7, 11) is 1.84. The highest BCUT2D eigenvalue weighted by atomic mass is 16.3. The van der Waals surface area contributed by atoms with Crippen LogP contribution in [-0.2, 0) is 6.54 Å². The number of anilines is 1. The average molecular weight is 281 g/mol. The van der Waals surface area contributed by atoms with Crippen LogP contribution in [0, 0.1) is 0 Å². The Hall–Kier alpha value is -1.90. The van der Waals surface area contributed by atoms with Crippen molar-refractivity contribution in [3.05, 3.63) is 22.1 Å². The Morgan fingerprint density at radius 2 is 2.30 bits per heavy atom. The number of nitrogens with zero attached hydrogens (tertiary/aromatic N) is 2. The number of likely N-dealkylation sites (N-methyl/N-ethyl adjacent to an activating group) is 1. The fourth-order valence-corrected chi connectivity index (χ4v) is 2.16. The Morgan fingerprint density at radius 1 is 1.55 bits per heavy atom. The number of hydrogen-bond donors (Lipinski definition) is 5. The van der Waals surface area contributed by atoms with Crippen LogP contribution in [-0.4, -0.2) is 56.4 Å². The third-order valence-electron chi connectivity index (χ3n) is 3.06. The van der Waals surface area contributed by atoms with Crippen molar-refractivity contribution in [1.82, 2.24) is 19.9 Å². The van der Waals surface area contributed by atoms with E-state index in [0.29, 0.717) is 30.5 Å². The molecule has 0 aliphatic heterocycles. The van der Waals surface area contributed by atoms with E-state index in [1.807, 2.05) is 11.9 Å². The van der Waals surface area contributed by atoms with Crippen LogP contribution in [0.3, 0.4) is 0 Å². The van der Waals surface area contributed by atoms with Gasteiger partial charge < -0.3 is 20.9 Å². The first-order chi connectivity index (χ1) is 9.51. The summed E-state index contributed by atoms with van der Waals surface area (Å²) < 4.78 is 0. The van der Waals surface area contributed by atoms with Gasteiger partial charge in [-0.15, -0.1) is 0 Å². The van der Waals surface area contributed by atoms with E-state index in [-0.39, 0.29) is 18.1 Å². The smallest absolute Gasteiger partial charge is 0.276 e. The van der Waals surface area contributed by atoms with Crippen LogP contribution >= 0.6 is 0 Å². The lowest BCUT2D eigenvalue weighted by molar-refractivity contribution is 0.0952. The molecule has 0 radical (unpaired) electrons. The molecule has 2 aromatic rings. The van der Waals surface area contributed by atoms with Gasteiger partial charge in [0.05, 0.1) is 6.10 Å². The van der Waals surface area contributed by atoms with Gasteiger partial charge in [-0.2, -0.15) is 0 Å². The molecule has 0 amide bonds. The van der Waals surface area contributed by atoms with Gasteiger partial charge in [-0.1, -0.05) is 0 Å². The van der Waals surface area contributed by atoms with Crippen molar-refractivity contribution in [2.24, 2.45) is 0 Å². The molecule has 110 valence electrons. The van der Waals surface area contributed by atoms with Crippen LogP contribution in [0.2, 0.25) is 0 Å². The van der Waals surface area contributed by atoms with Gasteiger partial charge in [-0.3, -0.25) is 14.7 Å². The predicted molar refractivity (Wildman–Crippen MR) is 75.2 cm³/mol. The van der Waals surface area contributed by atoms with E-state index in [9.17, 15) is 9.90 Å². The highest BCUT2D eigenvalue weighted by Crippen LogP contribution is 2.15. The lowest BCUT2D eigenvalue weighted by Crippen LogP contribution is -2.29. The number of nitrogens with two attached hydrogens (primary N) is 1. The fraction of sp³-hybridized carbons (Fsp3) is 0.500. The van der Waals surface area contributed by atoms with E-state index in [4.69, 9.17) is 10.8 Å². The molecule has 8 heteroatoms. The second-order valence-corrected chi connectivity index (χ2v) is 4.85. The zero-order chi connectivity index (χ0) is 14.7. The summed E-state index contributed by atoms with van der Waals surface area (Å²) in [6, 6.07) is 0. The third-order valence-corrected chi connectivity index (χ3v) is 3.06. The van der Waals surface area contributed by atoms with E-state index in [1.54, 1.807) is 6.20 Å². The van der Waals surface area contributed by atoms with E-state index < -0.39 is 6.10 Å². The lowest BCUT2D eigenvalue weighted by Gasteiger charge is -2.19. The van der Waals surface area contributed by atoms with Gasteiger partial charge in [-0.25, -0.2) is 4.98 Å². The van der Waals surface area contributed by atoms with Gasteiger partial charge >= 0.3 is 0 Å². The molecule has 8 nitrogen and oxygen atoms in total. The molecular formula is C12H19N5O3. The SMILES string of the molecule is CN(Cc1c[nH]c2c(=O)[nH]c(N)nc12)CC(O)CCO. The van der Waals surface area contributed by atoms with Gasteiger partial charge in [0, 0.05) is 31.5 Å². The molecular weight excluding hydrogens is 262 g/mol. The van der Waals surface area contributed by atoms with E-state index in [0.717, 1.165) is 5.56 Å². The molecule has 0 spiro atoms. The van der Waals surface area contributed by atoms with Crippen molar-refractivity contribution in [2.75, 3.05) is 25.9 Å². The Balaban J connectivity index is 2.16. The molecule has 0 aliphatic carbocycles. The molecule has 1 atom stereocenters. The van der Waals surface area contributed by atoms with Crippen LogP contribution in [0.25, 0.3) is 11.0 Å². The van der Waals surface area contributed by atoms with Crippen molar-refractivity contribution in [3.63, 3.8) is 0 Å². The number of fused-ring (bicyclic) bond motifs is 1. The maximum atomic E-state index is 11.7. The molecule has 1 unspecified atom stereocenters. The topological polar surface area (TPSA) is 131 Å². The maximum Gasteiger partial charge on any atom is 0.276 e. The van der Waals surface area contributed by atoms with E-state index >= 15 is 0 Å². The number of H-pyrrole nitrogens is 2. The summed E-state index contributed by atoms with van der Waals surface area (Å²) in [5.74, 6) is 0.0753. The van der Waals surface area contributed by atoms with Crippen LogP contribution in [0.15, 0.2) is 11.0 Å². The molecule has 0 aliphatic rings. The molecule has 2 rings (SSSR count). The minimum atomic E-state index is -0.586. The average Bonchev–Trinajstić information content (AvgIpc) is 2.72. The Labute approximate surface area is 115 Å². The first-order valence-electron chi connectivity index (χ1n) is 6.34. The van der Waals surface area contributed by atoms with Gasteiger partial charge in [-0.05, 0) is 13.5 Å². The summed E-state index contributed by atoms with van der Waals surface area (Å²) in [4.78, 5) is 23.0. The zero-order valence-electron chi connectivity index (χ0n) is 11.3. The van der Waals surface area contributed by atoms with Gasteiger partial charge in [0.2, 0.25) is 5.95 Å². The molecule has 2 heterocycles. The molecule has 0 saturated heterocycles. The van der Waals surface area contributed by atoms with Crippen LogP contribution in [0.1, 0.15) is 12.0 Å². The lowest BCUT2D eigenvalue weighted by atomic mass is 10.2. The highest BCUT2D eigenvalue weighted by Gasteiger charge is 2.13. The number of aromatic amines is 2. The van der Waals surface area contributed by atoms with Crippen LogP contribution in [0.5, 0.6) is 0 Å².